The molecule has 25 heavy (non-hydrogen) atoms. The minimum Gasteiger partial charge on any atom is -0.462 e. The molecule has 0 aliphatic rings. The summed E-state index contributed by atoms with van der Waals surface area (Å²) in [5.74, 6) is -0.331. The highest BCUT2D eigenvalue weighted by atomic mass is 35.5. The lowest BCUT2D eigenvalue weighted by Crippen LogP contribution is -2.06. The van der Waals surface area contributed by atoms with E-state index in [1.807, 2.05) is 66.1 Å². The van der Waals surface area contributed by atoms with Crippen LogP contribution in [0.4, 0.5) is 0 Å². The Kier molecular flexibility index (Phi) is 5.16. The molecular formula is C20H17Cl2NO2. The maximum Gasteiger partial charge on any atom is 0.339 e. The van der Waals surface area contributed by atoms with Crippen LogP contribution in [0.2, 0.25) is 10.0 Å². The standard InChI is InChI=1S/C20H17Cl2NO2/c1-3-25-20(24)18-12-19(14-4-6-15(21)7-5-14)23(13(18)2)17-10-8-16(22)9-11-17/h4-12H,3H2,1-2H3. The van der Waals surface area contributed by atoms with Crippen molar-refractivity contribution in [3.63, 3.8) is 0 Å². The third kappa shape index (κ3) is 3.58. The smallest absolute Gasteiger partial charge is 0.339 e. The molecule has 0 fully saturated rings. The first-order valence-electron chi connectivity index (χ1n) is 7.92. The molecule has 3 aromatic rings. The Bertz CT molecular complexity index is 897. The fourth-order valence-corrected chi connectivity index (χ4v) is 3.03. The summed E-state index contributed by atoms with van der Waals surface area (Å²) in [6.07, 6.45) is 0. The van der Waals surface area contributed by atoms with Crippen LogP contribution in [0.1, 0.15) is 23.0 Å². The van der Waals surface area contributed by atoms with E-state index >= 15 is 0 Å². The van der Waals surface area contributed by atoms with Gasteiger partial charge < -0.3 is 9.30 Å². The maximum absolute atomic E-state index is 12.3. The molecule has 0 bridgehead atoms. The first-order chi connectivity index (χ1) is 12.0. The fourth-order valence-electron chi connectivity index (χ4n) is 2.78. The largest absolute Gasteiger partial charge is 0.462 e. The summed E-state index contributed by atoms with van der Waals surface area (Å²) in [6.45, 7) is 4.03. The lowest BCUT2D eigenvalue weighted by Gasteiger charge is -2.12. The molecule has 0 N–H and O–H groups in total. The topological polar surface area (TPSA) is 31.2 Å². The number of rotatable bonds is 4. The molecule has 0 unspecified atom stereocenters. The van der Waals surface area contributed by atoms with Crippen LogP contribution < -0.4 is 0 Å². The SMILES string of the molecule is CCOC(=O)c1cc(-c2ccc(Cl)cc2)n(-c2ccc(Cl)cc2)c1C. The van der Waals surface area contributed by atoms with Crippen molar-refractivity contribution in [3.8, 4) is 16.9 Å². The number of carbonyl (C=O) groups excluding carboxylic acids is 1. The second-order valence-electron chi connectivity index (χ2n) is 5.57. The predicted octanol–water partition coefficient (Wildman–Crippen LogP) is 5.94. The molecule has 0 atom stereocenters. The molecule has 2 aromatic carbocycles. The Balaban J connectivity index is 2.21. The number of hydrogen-bond donors (Lipinski definition) is 0. The highest BCUT2D eigenvalue weighted by Crippen LogP contribution is 2.31. The Morgan fingerprint density at radius 3 is 2.12 bits per heavy atom. The molecule has 0 radical (unpaired) electrons. The van der Waals surface area contributed by atoms with E-state index in [-0.39, 0.29) is 5.97 Å². The number of benzene rings is 2. The molecule has 1 heterocycles. The van der Waals surface area contributed by atoms with Crippen LogP contribution in [0.3, 0.4) is 0 Å². The van der Waals surface area contributed by atoms with Gasteiger partial charge in [-0.25, -0.2) is 4.79 Å². The monoisotopic (exact) mass is 373 g/mol. The Morgan fingerprint density at radius 1 is 1.00 bits per heavy atom. The zero-order chi connectivity index (χ0) is 18.0. The lowest BCUT2D eigenvalue weighted by atomic mass is 10.1. The van der Waals surface area contributed by atoms with Crippen molar-refractivity contribution in [2.75, 3.05) is 6.61 Å². The number of halogens is 2. The van der Waals surface area contributed by atoms with Crippen molar-refractivity contribution in [1.29, 1.82) is 0 Å². The number of hydrogen-bond acceptors (Lipinski definition) is 2. The van der Waals surface area contributed by atoms with Gasteiger partial charge in [-0.2, -0.15) is 0 Å². The van der Waals surface area contributed by atoms with Crippen molar-refractivity contribution in [2.24, 2.45) is 0 Å². The highest BCUT2D eigenvalue weighted by molar-refractivity contribution is 6.30. The molecule has 0 aliphatic carbocycles. The fraction of sp³-hybridized carbons (Fsp3) is 0.150. The van der Waals surface area contributed by atoms with E-state index in [1.165, 1.54) is 0 Å². The molecule has 0 aliphatic heterocycles. The van der Waals surface area contributed by atoms with Crippen molar-refractivity contribution in [1.82, 2.24) is 4.57 Å². The van der Waals surface area contributed by atoms with Crippen LogP contribution in [0.15, 0.2) is 54.6 Å². The predicted molar refractivity (Wildman–Crippen MR) is 102 cm³/mol. The summed E-state index contributed by atoms with van der Waals surface area (Å²) in [5, 5.41) is 1.32. The summed E-state index contributed by atoms with van der Waals surface area (Å²) < 4.78 is 7.21. The molecule has 128 valence electrons. The summed E-state index contributed by atoms with van der Waals surface area (Å²) >= 11 is 12.0. The minimum atomic E-state index is -0.331. The zero-order valence-corrected chi connectivity index (χ0v) is 15.4. The highest BCUT2D eigenvalue weighted by Gasteiger charge is 2.20. The minimum absolute atomic E-state index is 0.331. The third-order valence-electron chi connectivity index (χ3n) is 3.97. The van der Waals surface area contributed by atoms with Gasteiger partial charge in [0.15, 0.2) is 0 Å². The molecule has 5 heteroatoms. The Labute approximate surface area is 156 Å². The van der Waals surface area contributed by atoms with Gasteiger partial charge in [0.05, 0.1) is 17.9 Å². The maximum atomic E-state index is 12.3. The van der Waals surface area contributed by atoms with E-state index in [2.05, 4.69) is 0 Å². The number of ether oxygens (including phenoxy) is 1. The number of aromatic nitrogens is 1. The molecule has 0 saturated heterocycles. The number of nitrogens with zero attached hydrogens (tertiary/aromatic N) is 1. The first-order valence-corrected chi connectivity index (χ1v) is 8.68. The zero-order valence-electron chi connectivity index (χ0n) is 13.9. The second-order valence-corrected chi connectivity index (χ2v) is 6.44. The van der Waals surface area contributed by atoms with Gasteiger partial charge in [-0.05, 0) is 61.9 Å². The van der Waals surface area contributed by atoms with Crippen LogP contribution >= 0.6 is 23.2 Å². The van der Waals surface area contributed by atoms with Gasteiger partial charge in [-0.3, -0.25) is 0 Å². The Hall–Kier alpha value is -2.23. The molecule has 0 saturated carbocycles. The van der Waals surface area contributed by atoms with Crippen LogP contribution in [-0.4, -0.2) is 17.1 Å². The average Bonchev–Trinajstić information content (AvgIpc) is 2.94. The number of carbonyl (C=O) groups is 1. The van der Waals surface area contributed by atoms with E-state index in [0.29, 0.717) is 22.2 Å². The van der Waals surface area contributed by atoms with Gasteiger partial charge in [0, 0.05) is 21.4 Å². The normalized spacial score (nSPS) is 10.7. The first kappa shape index (κ1) is 17.6. The van der Waals surface area contributed by atoms with Crippen molar-refractivity contribution >= 4 is 29.2 Å². The van der Waals surface area contributed by atoms with E-state index in [9.17, 15) is 4.79 Å². The average molecular weight is 374 g/mol. The van der Waals surface area contributed by atoms with Crippen LogP contribution in [0.5, 0.6) is 0 Å². The molecule has 0 spiro atoms. The summed E-state index contributed by atoms with van der Waals surface area (Å²) in [4.78, 5) is 12.3. The van der Waals surface area contributed by atoms with Crippen molar-refractivity contribution in [2.45, 2.75) is 13.8 Å². The van der Waals surface area contributed by atoms with Gasteiger partial charge in [0.25, 0.3) is 0 Å². The summed E-state index contributed by atoms with van der Waals surface area (Å²) in [5.41, 5.74) is 4.12. The van der Waals surface area contributed by atoms with Crippen molar-refractivity contribution < 1.29 is 9.53 Å². The van der Waals surface area contributed by atoms with E-state index < -0.39 is 0 Å². The van der Waals surface area contributed by atoms with Gasteiger partial charge in [0.2, 0.25) is 0 Å². The summed E-state index contributed by atoms with van der Waals surface area (Å²) in [7, 11) is 0. The lowest BCUT2D eigenvalue weighted by molar-refractivity contribution is 0.0525. The quantitative estimate of drug-likeness (QED) is 0.530. The van der Waals surface area contributed by atoms with Gasteiger partial charge in [-0.1, -0.05) is 35.3 Å². The van der Waals surface area contributed by atoms with E-state index in [4.69, 9.17) is 27.9 Å². The molecule has 3 nitrogen and oxygen atoms in total. The van der Waals surface area contributed by atoms with Gasteiger partial charge >= 0.3 is 5.97 Å². The second kappa shape index (κ2) is 7.34. The van der Waals surface area contributed by atoms with E-state index in [1.54, 1.807) is 6.92 Å². The summed E-state index contributed by atoms with van der Waals surface area (Å²) in [6, 6.07) is 16.9. The van der Waals surface area contributed by atoms with Gasteiger partial charge in [0.1, 0.15) is 0 Å². The van der Waals surface area contributed by atoms with Crippen LogP contribution in [-0.2, 0) is 4.74 Å². The number of esters is 1. The Morgan fingerprint density at radius 2 is 1.56 bits per heavy atom. The van der Waals surface area contributed by atoms with E-state index in [0.717, 1.165) is 22.6 Å². The van der Waals surface area contributed by atoms with Gasteiger partial charge in [-0.15, -0.1) is 0 Å². The molecule has 0 amide bonds. The molecule has 1 aromatic heterocycles. The van der Waals surface area contributed by atoms with Crippen LogP contribution in [0, 0.1) is 6.92 Å². The van der Waals surface area contributed by atoms with Crippen LogP contribution in [0.25, 0.3) is 16.9 Å². The third-order valence-corrected chi connectivity index (χ3v) is 4.47. The van der Waals surface area contributed by atoms with Crippen molar-refractivity contribution in [3.05, 3.63) is 75.9 Å². The molecule has 3 rings (SSSR count). The molecular weight excluding hydrogens is 357 g/mol.